The SMILES string of the molecule is CC(N)C1CCCCN1CC(=O)NC1CCCC(C)C1C. The number of nitrogens with zero attached hydrogens (tertiary/aromatic N) is 1. The number of amides is 1. The molecule has 0 aromatic heterocycles. The molecule has 4 nitrogen and oxygen atoms in total. The monoisotopic (exact) mass is 295 g/mol. The Hall–Kier alpha value is -0.610. The minimum absolute atomic E-state index is 0.145. The molecule has 122 valence electrons. The number of rotatable bonds is 4. The standard InChI is InChI=1S/C17H33N3O/c1-12-7-6-8-15(13(12)2)19-17(21)11-20-10-5-4-9-16(20)14(3)18/h12-16H,4-11,18H2,1-3H3,(H,19,21). The summed E-state index contributed by atoms with van der Waals surface area (Å²) >= 11 is 0. The lowest BCUT2D eigenvalue weighted by Gasteiger charge is -2.39. The molecule has 1 saturated carbocycles. The normalized spacial score (nSPS) is 36.2. The van der Waals surface area contributed by atoms with Crippen molar-refractivity contribution < 1.29 is 4.79 Å². The van der Waals surface area contributed by atoms with Crippen LogP contribution in [0.2, 0.25) is 0 Å². The summed E-state index contributed by atoms with van der Waals surface area (Å²) in [5.41, 5.74) is 6.08. The van der Waals surface area contributed by atoms with E-state index >= 15 is 0 Å². The van der Waals surface area contributed by atoms with Crippen LogP contribution in [0.1, 0.15) is 59.3 Å². The molecule has 1 aliphatic carbocycles. The van der Waals surface area contributed by atoms with Crippen molar-refractivity contribution in [3.63, 3.8) is 0 Å². The van der Waals surface area contributed by atoms with Crippen LogP contribution in [0.25, 0.3) is 0 Å². The van der Waals surface area contributed by atoms with Gasteiger partial charge in [0.2, 0.25) is 5.91 Å². The molecule has 3 N–H and O–H groups in total. The zero-order chi connectivity index (χ0) is 15.4. The lowest BCUT2D eigenvalue weighted by Crippen LogP contribution is -2.54. The van der Waals surface area contributed by atoms with E-state index in [-0.39, 0.29) is 11.9 Å². The van der Waals surface area contributed by atoms with Crippen molar-refractivity contribution in [2.45, 2.75) is 77.4 Å². The smallest absolute Gasteiger partial charge is 0.234 e. The lowest BCUT2D eigenvalue weighted by atomic mass is 9.78. The van der Waals surface area contributed by atoms with Crippen LogP contribution in [0.3, 0.4) is 0 Å². The zero-order valence-corrected chi connectivity index (χ0v) is 14.0. The average molecular weight is 295 g/mol. The Kier molecular flexibility index (Phi) is 6.06. The number of piperidine rings is 1. The summed E-state index contributed by atoms with van der Waals surface area (Å²) in [7, 11) is 0. The summed E-state index contributed by atoms with van der Waals surface area (Å²) < 4.78 is 0. The molecule has 21 heavy (non-hydrogen) atoms. The van der Waals surface area contributed by atoms with Gasteiger partial charge < -0.3 is 11.1 Å². The van der Waals surface area contributed by atoms with E-state index in [0.29, 0.717) is 24.5 Å². The minimum atomic E-state index is 0.145. The maximum Gasteiger partial charge on any atom is 0.234 e. The first-order valence-electron chi connectivity index (χ1n) is 8.78. The summed E-state index contributed by atoms with van der Waals surface area (Å²) in [5, 5.41) is 3.28. The summed E-state index contributed by atoms with van der Waals surface area (Å²) in [4.78, 5) is 14.7. The topological polar surface area (TPSA) is 58.4 Å². The van der Waals surface area contributed by atoms with Gasteiger partial charge in [0.05, 0.1) is 6.54 Å². The summed E-state index contributed by atoms with van der Waals surface area (Å²) in [6.45, 7) is 8.17. The fourth-order valence-electron chi connectivity index (χ4n) is 4.03. The quantitative estimate of drug-likeness (QED) is 0.835. The molecule has 0 bridgehead atoms. The average Bonchev–Trinajstić information content (AvgIpc) is 2.44. The highest BCUT2D eigenvalue weighted by atomic mass is 16.2. The third-order valence-electron chi connectivity index (χ3n) is 5.67. The number of carbonyl (C=O) groups excluding carboxylic acids is 1. The molecule has 1 saturated heterocycles. The van der Waals surface area contributed by atoms with Crippen LogP contribution >= 0.6 is 0 Å². The molecule has 0 radical (unpaired) electrons. The van der Waals surface area contributed by atoms with Gasteiger partial charge in [0.15, 0.2) is 0 Å². The summed E-state index contributed by atoms with van der Waals surface area (Å²) in [6, 6.07) is 0.874. The molecule has 0 aromatic rings. The molecule has 1 aliphatic heterocycles. The van der Waals surface area contributed by atoms with E-state index < -0.39 is 0 Å². The van der Waals surface area contributed by atoms with E-state index in [1.807, 2.05) is 0 Å². The van der Waals surface area contributed by atoms with Crippen LogP contribution in [0.5, 0.6) is 0 Å². The van der Waals surface area contributed by atoms with Gasteiger partial charge in [-0.1, -0.05) is 33.1 Å². The second-order valence-corrected chi connectivity index (χ2v) is 7.33. The van der Waals surface area contributed by atoms with Crippen molar-refractivity contribution in [3.8, 4) is 0 Å². The Bertz CT molecular complexity index is 345. The Labute approximate surface area is 129 Å². The van der Waals surface area contributed by atoms with Crippen molar-refractivity contribution in [2.24, 2.45) is 17.6 Å². The van der Waals surface area contributed by atoms with E-state index in [1.54, 1.807) is 0 Å². The van der Waals surface area contributed by atoms with Gasteiger partial charge in [-0.15, -0.1) is 0 Å². The summed E-state index contributed by atoms with van der Waals surface area (Å²) in [5.74, 6) is 1.50. The molecule has 0 spiro atoms. The third-order valence-corrected chi connectivity index (χ3v) is 5.67. The van der Waals surface area contributed by atoms with Gasteiger partial charge in [-0.05, 0) is 44.6 Å². The Morgan fingerprint density at radius 3 is 2.71 bits per heavy atom. The van der Waals surface area contributed by atoms with Crippen molar-refractivity contribution in [3.05, 3.63) is 0 Å². The Balaban J connectivity index is 1.85. The molecule has 5 atom stereocenters. The molecule has 2 aliphatic rings. The largest absolute Gasteiger partial charge is 0.352 e. The van der Waals surface area contributed by atoms with Gasteiger partial charge >= 0.3 is 0 Å². The second kappa shape index (κ2) is 7.59. The zero-order valence-electron chi connectivity index (χ0n) is 14.0. The van der Waals surface area contributed by atoms with Crippen LogP contribution in [0, 0.1) is 11.8 Å². The molecule has 1 amide bonds. The van der Waals surface area contributed by atoms with Crippen LogP contribution in [0.15, 0.2) is 0 Å². The maximum absolute atomic E-state index is 12.4. The number of hydrogen-bond donors (Lipinski definition) is 2. The van der Waals surface area contributed by atoms with Gasteiger partial charge in [0.25, 0.3) is 0 Å². The molecule has 5 unspecified atom stereocenters. The van der Waals surface area contributed by atoms with E-state index in [4.69, 9.17) is 5.73 Å². The first-order valence-corrected chi connectivity index (χ1v) is 8.78. The minimum Gasteiger partial charge on any atom is -0.352 e. The van der Waals surface area contributed by atoms with Gasteiger partial charge in [0.1, 0.15) is 0 Å². The Morgan fingerprint density at radius 2 is 2.00 bits per heavy atom. The van der Waals surface area contributed by atoms with E-state index in [9.17, 15) is 4.79 Å². The molecular weight excluding hydrogens is 262 g/mol. The fraction of sp³-hybridized carbons (Fsp3) is 0.941. The highest BCUT2D eigenvalue weighted by molar-refractivity contribution is 5.78. The van der Waals surface area contributed by atoms with Gasteiger partial charge in [-0.2, -0.15) is 0 Å². The number of carbonyl (C=O) groups is 1. The van der Waals surface area contributed by atoms with Crippen molar-refractivity contribution >= 4 is 5.91 Å². The molecule has 2 fully saturated rings. The van der Waals surface area contributed by atoms with Crippen molar-refractivity contribution in [1.29, 1.82) is 0 Å². The van der Waals surface area contributed by atoms with Crippen LogP contribution < -0.4 is 11.1 Å². The molecular formula is C17H33N3O. The first kappa shape index (κ1) is 16.8. The van der Waals surface area contributed by atoms with E-state index in [0.717, 1.165) is 25.3 Å². The molecule has 1 heterocycles. The lowest BCUT2D eigenvalue weighted by molar-refractivity contribution is -0.124. The van der Waals surface area contributed by atoms with E-state index in [2.05, 4.69) is 31.0 Å². The van der Waals surface area contributed by atoms with Crippen LogP contribution in [-0.2, 0) is 4.79 Å². The highest BCUT2D eigenvalue weighted by Gasteiger charge is 2.30. The summed E-state index contributed by atoms with van der Waals surface area (Å²) in [6.07, 6.45) is 7.22. The predicted molar refractivity (Wildman–Crippen MR) is 87.0 cm³/mol. The number of hydrogen-bond acceptors (Lipinski definition) is 3. The van der Waals surface area contributed by atoms with Gasteiger partial charge in [-0.25, -0.2) is 0 Å². The van der Waals surface area contributed by atoms with Crippen molar-refractivity contribution in [2.75, 3.05) is 13.1 Å². The van der Waals surface area contributed by atoms with Crippen LogP contribution in [-0.4, -0.2) is 42.0 Å². The highest BCUT2D eigenvalue weighted by Crippen LogP contribution is 2.29. The molecule has 2 rings (SSSR count). The molecule has 4 heteroatoms. The predicted octanol–water partition coefficient (Wildman–Crippen LogP) is 2.13. The molecule has 0 aromatic carbocycles. The Morgan fingerprint density at radius 1 is 1.24 bits per heavy atom. The number of nitrogens with two attached hydrogens (primary N) is 1. The van der Waals surface area contributed by atoms with Gasteiger partial charge in [0, 0.05) is 18.1 Å². The number of likely N-dealkylation sites (tertiary alicyclic amines) is 1. The van der Waals surface area contributed by atoms with Crippen LogP contribution in [0.4, 0.5) is 0 Å². The van der Waals surface area contributed by atoms with Crippen molar-refractivity contribution in [1.82, 2.24) is 10.2 Å². The first-order chi connectivity index (χ1) is 9.99. The fourth-order valence-corrected chi connectivity index (χ4v) is 4.03. The second-order valence-electron chi connectivity index (χ2n) is 7.33. The third kappa shape index (κ3) is 4.43. The van der Waals surface area contributed by atoms with E-state index in [1.165, 1.54) is 25.7 Å². The van der Waals surface area contributed by atoms with Gasteiger partial charge in [-0.3, -0.25) is 9.69 Å². The maximum atomic E-state index is 12.4. The number of nitrogens with one attached hydrogen (secondary N) is 1.